The highest BCUT2D eigenvalue weighted by Crippen LogP contribution is 2.32. The summed E-state index contributed by atoms with van der Waals surface area (Å²) in [6.07, 6.45) is 2.36. The van der Waals surface area contributed by atoms with Crippen molar-refractivity contribution >= 4 is 21.5 Å². The molecular formula is C17H21NO5S. The molecule has 0 N–H and O–H groups in total. The Hall–Kier alpha value is -1.89. The highest BCUT2D eigenvalue weighted by Gasteiger charge is 2.42. The molecule has 130 valence electrons. The van der Waals surface area contributed by atoms with Gasteiger partial charge in [0.05, 0.1) is 11.5 Å². The SMILES string of the molecule is CC(=O)c1ccc(OCC(=O)N(C2CC2)[C@H]2CCS(=O)(=O)C2)cc1. The molecule has 1 aliphatic heterocycles. The second kappa shape index (κ2) is 6.55. The van der Waals surface area contributed by atoms with Gasteiger partial charge in [-0.05, 0) is 50.5 Å². The summed E-state index contributed by atoms with van der Waals surface area (Å²) in [6.45, 7) is 1.37. The number of nitrogens with zero attached hydrogens (tertiary/aromatic N) is 1. The molecule has 0 bridgehead atoms. The Balaban J connectivity index is 1.61. The minimum atomic E-state index is -3.03. The Bertz CT molecular complexity index is 737. The number of carbonyl (C=O) groups excluding carboxylic acids is 2. The van der Waals surface area contributed by atoms with Crippen molar-refractivity contribution < 1.29 is 22.7 Å². The van der Waals surface area contributed by atoms with Crippen molar-refractivity contribution in [2.75, 3.05) is 18.1 Å². The van der Waals surface area contributed by atoms with Gasteiger partial charge in [-0.3, -0.25) is 9.59 Å². The lowest BCUT2D eigenvalue weighted by atomic mass is 10.1. The average Bonchev–Trinajstić information content (AvgIpc) is 3.29. The number of benzene rings is 1. The average molecular weight is 351 g/mol. The molecule has 1 aromatic carbocycles. The van der Waals surface area contributed by atoms with E-state index in [9.17, 15) is 18.0 Å². The van der Waals surface area contributed by atoms with Crippen LogP contribution in [0.1, 0.15) is 36.5 Å². The van der Waals surface area contributed by atoms with Gasteiger partial charge < -0.3 is 9.64 Å². The molecule has 1 aliphatic carbocycles. The Morgan fingerprint density at radius 1 is 1.12 bits per heavy atom. The number of ether oxygens (including phenoxy) is 1. The van der Waals surface area contributed by atoms with Crippen LogP contribution in [0.2, 0.25) is 0 Å². The second-order valence-corrected chi connectivity index (χ2v) is 8.69. The lowest BCUT2D eigenvalue weighted by Gasteiger charge is -2.28. The summed E-state index contributed by atoms with van der Waals surface area (Å²) in [5.41, 5.74) is 0.587. The van der Waals surface area contributed by atoms with Gasteiger partial charge in [0.25, 0.3) is 5.91 Å². The Morgan fingerprint density at radius 2 is 1.79 bits per heavy atom. The normalized spacial score (nSPS) is 22.1. The smallest absolute Gasteiger partial charge is 0.261 e. The molecule has 1 heterocycles. The van der Waals surface area contributed by atoms with Crippen molar-refractivity contribution in [2.24, 2.45) is 0 Å². The minimum Gasteiger partial charge on any atom is -0.484 e. The summed E-state index contributed by atoms with van der Waals surface area (Å²) in [6, 6.07) is 6.56. The van der Waals surface area contributed by atoms with E-state index in [1.165, 1.54) is 6.92 Å². The van der Waals surface area contributed by atoms with Crippen LogP contribution in [0, 0.1) is 0 Å². The van der Waals surface area contributed by atoms with Crippen LogP contribution in [0.15, 0.2) is 24.3 Å². The van der Waals surface area contributed by atoms with Gasteiger partial charge in [-0.2, -0.15) is 0 Å². The van der Waals surface area contributed by atoms with E-state index in [-0.39, 0.29) is 41.9 Å². The molecule has 1 saturated heterocycles. The molecule has 1 atom stereocenters. The van der Waals surface area contributed by atoms with Crippen LogP contribution in [-0.2, 0) is 14.6 Å². The first-order chi connectivity index (χ1) is 11.4. The van der Waals surface area contributed by atoms with Crippen molar-refractivity contribution in [2.45, 2.75) is 38.3 Å². The molecule has 0 aromatic heterocycles. The fourth-order valence-electron chi connectivity index (χ4n) is 3.06. The van der Waals surface area contributed by atoms with Gasteiger partial charge >= 0.3 is 0 Å². The molecule has 1 amide bonds. The van der Waals surface area contributed by atoms with Gasteiger partial charge in [-0.25, -0.2) is 8.42 Å². The van der Waals surface area contributed by atoms with Crippen LogP contribution in [0.4, 0.5) is 0 Å². The van der Waals surface area contributed by atoms with Crippen molar-refractivity contribution in [3.63, 3.8) is 0 Å². The van der Waals surface area contributed by atoms with E-state index in [1.807, 2.05) is 0 Å². The van der Waals surface area contributed by atoms with Gasteiger partial charge in [-0.1, -0.05) is 0 Å². The summed E-state index contributed by atoms with van der Waals surface area (Å²) in [5, 5.41) is 0. The quantitative estimate of drug-likeness (QED) is 0.725. The zero-order valence-corrected chi connectivity index (χ0v) is 14.4. The van der Waals surface area contributed by atoms with Crippen LogP contribution >= 0.6 is 0 Å². The third kappa shape index (κ3) is 3.95. The topological polar surface area (TPSA) is 80.8 Å². The number of hydrogen-bond donors (Lipinski definition) is 0. The zero-order valence-electron chi connectivity index (χ0n) is 13.6. The maximum atomic E-state index is 12.5. The summed E-state index contributed by atoms with van der Waals surface area (Å²) < 4.78 is 28.9. The van der Waals surface area contributed by atoms with Crippen LogP contribution < -0.4 is 4.74 Å². The maximum absolute atomic E-state index is 12.5. The van der Waals surface area contributed by atoms with Gasteiger partial charge in [-0.15, -0.1) is 0 Å². The van der Waals surface area contributed by atoms with E-state index in [2.05, 4.69) is 0 Å². The molecule has 6 nitrogen and oxygen atoms in total. The highest BCUT2D eigenvalue weighted by molar-refractivity contribution is 7.91. The van der Waals surface area contributed by atoms with Gasteiger partial charge in [0.2, 0.25) is 0 Å². The lowest BCUT2D eigenvalue weighted by molar-refractivity contribution is -0.135. The monoisotopic (exact) mass is 351 g/mol. The first-order valence-electron chi connectivity index (χ1n) is 8.11. The molecule has 0 unspecified atom stereocenters. The maximum Gasteiger partial charge on any atom is 0.261 e. The van der Waals surface area contributed by atoms with Crippen LogP contribution in [0.3, 0.4) is 0 Å². The fraction of sp³-hybridized carbons (Fsp3) is 0.529. The van der Waals surface area contributed by atoms with E-state index in [1.54, 1.807) is 29.2 Å². The first-order valence-corrected chi connectivity index (χ1v) is 9.93. The predicted molar refractivity (Wildman–Crippen MR) is 88.9 cm³/mol. The van der Waals surface area contributed by atoms with E-state index < -0.39 is 9.84 Å². The third-order valence-electron chi connectivity index (χ3n) is 4.45. The number of carbonyl (C=O) groups is 2. The molecule has 0 spiro atoms. The molecular weight excluding hydrogens is 330 g/mol. The van der Waals surface area contributed by atoms with Gasteiger partial charge in [0.15, 0.2) is 22.2 Å². The van der Waals surface area contributed by atoms with E-state index in [4.69, 9.17) is 4.74 Å². The molecule has 1 saturated carbocycles. The molecule has 2 fully saturated rings. The van der Waals surface area contributed by atoms with Gasteiger partial charge in [0, 0.05) is 17.6 Å². The van der Waals surface area contributed by atoms with Gasteiger partial charge in [0.1, 0.15) is 5.75 Å². The largest absolute Gasteiger partial charge is 0.484 e. The molecule has 0 radical (unpaired) electrons. The number of hydrogen-bond acceptors (Lipinski definition) is 5. The standard InChI is InChI=1S/C17H21NO5S/c1-12(19)13-2-6-16(7-3-13)23-10-17(20)18(14-4-5-14)15-8-9-24(21,22)11-15/h2-3,6-7,14-15H,4-5,8-11H2,1H3/t15-/m0/s1. The number of rotatable bonds is 6. The third-order valence-corrected chi connectivity index (χ3v) is 6.20. The Morgan fingerprint density at radius 3 is 2.29 bits per heavy atom. The van der Waals surface area contributed by atoms with Crippen molar-refractivity contribution in [3.05, 3.63) is 29.8 Å². The molecule has 2 aliphatic rings. The van der Waals surface area contributed by atoms with E-state index in [0.717, 1.165) is 12.8 Å². The lowest BCUT2D eigenvalue weighted by Crippen LogP contribution is -2.45. The Kier molecular flexibility index (Phi) is 4.62. The summed E-state index contributed by atoms with van der Waals surface area (Å²) in [4.78, 5) is 25.5. The number of sulfone groups is 1. The fourth-order valence-corrected chi connectivity index (χ4v) is 4.77. The zero-order chi connectivity index (χ0) is 17.3. The van der Waals surface area contributed by atoms with Crippen LogP contribution in [0.5, 0.6) is 5.75 Å². The van der Waals surface area contributed by atoms with Crippen molar-refractivity contribution in [1.29, 1.82) is 0 Å². The number of ketones is 1. The van der Waals surface area contributed by atoms with E-state index in [0.29, 0.717) is 17.7 Å². The Labute approximate surface area is 141 Å². The summed E-state index contributed by atoms with van der Waals surface area (Å²) in [5.74, 6) is 0.530. The summed E-state index contributed by atoms with van der Waals surface area (Å²) >= 11 is 0. The molecule has 3 rings (SSSR count). The molecule has 24 heavy (non-hydrogen) atoms. The van der Waals surface area contributed by atoms with E-state index >= 15 is 0 Å². The number of Topliss-reactive ketones (excluding diaryl/α,β-unsaturated/α-hetero) is 1. The number of amides is 1. The highest BCUT2D eigenvalue weighted by atomic mass is 32.2. The first kappa shape index (κ1) is 17.0. The van der Waals surface area contributed by atoms with Crippen LogP contribution in [0.25, 0.3) is 0 Å². The molecule has 7 heteroatoms. The van der Waals surface area contributed by atoms with Crippen molar-refractivity contribution in [3.8, 4) is 5.75 Å². The minimum absolute atomic E-state index is 0.0278. The molecule has 1 aromatic rings. The second-order valence-electron chi connectivity index (χ2n) is 6.46. The van der Waals surface area contributed by atoms with Crippen LogP contribution in [-0.4, -0.2) is 55.2 Å². The summed E-state index contributed by atoms with van der Waals surface area (Å²) in [7, 11) is -3.03. The predicted octanol–water partition coefficient (Wildman–Crippen LogP) is 1.45. The van der Waals surface area contributed by atoms with Crippen molar-refractivity contribution in [1.82, 2.24) is 4.90 Å².